The molecule has 9 heteroatoms. The average Bonchev–Trinajstić information content (AvgIpc) is 3.01. The molecule has 1 N–H and O–H groups in total. The molecule has 1 aliphatic rings. The molecule has 1 aliphatic heterocycles. The predicted octanol–water partition coefficient (Wildman–Crippen LogP) is 4.88. The fourth-order valence-corrected chi connectivity index (χ4v) is 5.76. The molecule has 4 rings (SSSR count). The minimum atomic E-state index is -0.498. The lowest BCUT2D eigenvalue weighted by Crippen LogP contribution is -2.51. The standard InChI is InChI=1S/C33H40ClN5O3/c1-4-39(25(3)40)24(2)30-10-5-6-11-31(30)37-17-19-38(20-18-37)33(42)27(21-26-12-14-28(34)15-13-26)22-32(41)36-23-29-9-7-8-16-35-29/h5-16,24,27H,4,17-23H2,1-3H3,(H,36,41)/t24?,27-/m0/s1. The third kappa shape index (κ3) is 8.10. The van der Waals surface area contributed by atoms with Gasteiger partial charge in [0.15, 0.2) is 0 Å². The van der Waals surface area contributed by atoms with Crippen molar-refractivity contribution in [1.29, 1.82) is 0 Å². The molecule has 42 heavy (non-hydrogen) atoms. The SMILES string of the molecule is CCN(C(C)=O)C(C)c1ccccc1N1CCN(C(=O)[C@H](CC(=O)NCc2ccccn2)Cc2ccc(Cl)cc2)CC1. The van der Waals surface area contributed by atoms with Crippen molar-refractivity contribution >= 4 is 35.0 Å². The van der Waals surface area contributed by atoms with Gasteiger partial charge in [-0.2, -0.15) is 0 Å². The Bertz CT molecular complexity index is 1340. The Hall–Kier alpha value is -3.91. The molecule has 0 aliphatic carbocycles. The first kappa shape index (κ1) is 31.0. The summed E-state index contributed by atoms with van der Waals surface area (Å²) in [6.45, 7) is 9.05. The zero-order valence-corrected chi connectivity index (χ0v) is 25.4. The van der Waals surface area contributed by atoms with Crippen LogP contribution < -0.4 is 10.2 Å². The van der Waals surface area contributed by atoms with Crippen molar-refractivity contribution in [3.63, 3.8) is 0 Å². The van der Waals surface area contributed by atoms with Crippen LogP contribution in [0.25, 0.3) is 0 Å². The second-order valence-corrected chi connectivity index (χ2v) is 11.1. The number of piperazine rings is 1. The minimum Gasteiger partial charge on any atom is -0.368 e. The van der Waals surface area contributed by atoms with Crippen LogP contribution in [-0.4, -0.2) is 65.2 Å². The topological polar surface area (TPSA) is 85.9 Å². The van der Waals surface area contributed by atoms with Crippen LogP contribution in [0.2, 0.25) is 5.02 Å². The van der Waals surface area contributed by atoms with Crippen LogP contribution in [-0.2, 0) is 27.3 Å². The van der Waals surface area contributed by atoms with Crippen molar-refractivity contribution < 1.29 is 14.4 Å². The van der Waals surface area contributed by atoms with Gasteiger partial charge in [-0.15, -0.1) is 0 Å². The Balaban J connectivity index is 1.44. The maximum atomic E-state index is 13.8. The number of rotatable bonds is 11. The van der Waals surface area contributed by atoms with Gasteiger partial charge in [0.05, 0.1) is 24.2 Å². The fourth-order valence-electron chi connectivity index (χ4n) is 5.63. The summed E-state index contributed by atoms with van der Waals surface area (Å²) < 4.78 is 0. The molecule has 0 radical (unpaired) electrons. The molecular weight excluding hydrogens is 550 g/mol. The summed E-state index contributed by atoms with van der Waals surface area (Å²) >= 11 is 6.08. The zero-order chi connectivity index (χ0) is 30.1. The van der Waals surface area contributed by atoms with Gasteiger partial charge in [-0.25, -0.2) is 0 Å². The van der Waals surface area contributed by atoms with Gasteiger partial charge in [-0.05, 0) is 61.7 Å². The molecule has 1 saturated heterocycles. The molecule has 3 amide bonds. The van der Waals surface area contributed by atoms with Gasteiger partial charge in [0, 0.05) is 63.0 Å². The zero-order valence-electron chi connectivity index (χ0n) is 24.6. The van der Waals surface area contributed by atoms with Gasteiger partial charge < -0.3 is 20.0 Å². The maximum absolute atomic E-state index is 13.8. The Labute approximate surface area is 253 Å². The predicted molar refractivity (Wildman–Crippen MR) is 166 cm³/mol. The number of halogens is 1. The third-order valence-electron chi connectivity index (χ3n) is 7.90. The Kier molecular flexibility index (Phi) is 11.0. The van der Waals surface area contributed by atoms with E-state index in [0.29, 0.717) is 50.7 Å². The summed E-state index contributed by atoms with van der Waals surface area (Å²) in [7, 11) is 0. The quantitative estimate of drug-likeness (QED) is 0.345. The van der Waals surface area contributed by atoms with E-state index in [1.54, 1.807) is 13.1 Å². The average molecular weight is 590 g/mol. The second-order valence-electron chi connectivity index (χ2n) is 10.7. The van der Waals surface area contributed by atoms with Crippen molar-refractivity contribution in [3.05, 3.63) is 94.8 Å². The molecular formula is C33H40ClN5O3. The monoisotopic (exact) mass is 589 g/mol. The Morgan fingerprint density at radius 2 is 1.67 bits per heavy atom. The molecule has 2 heterocycles. The molecule has 2 atom stereocenters. The molecule has 222 valence electrons. The van der Waals surface area contributed by atoms with Crippen molar-refractivity contribution in [3.8, 4) is 0 Å². The number of pyridine rings is 1. The summed E-state index contributed by atoms with van der Waals surface area (Å²) in [5.41, 5.74) is 3.91. The molecule has 0 saturated carbocycles. The van der Waals surface area contributed by atoms with Crippen LogP contribution in [0.4, 0.5) is 5.69 Å². The van der Waals surface area contributed by atoms with Gasteiger partial charge in [-0.1, -0.05) is 48.0 Å². The number of nitrogens with one attached hydrogen (secondary N) is 1. The summed E-state index contributed by atoms with van der Waals surface area (Å²) in [5, 5.41) is 3.55. The number of carbonyl (C=O) groups excluding carboxylic acids is 3. The van der Waals surface area contributed by atoms with E-state index in [9.17, 15) is 14.4 Å². The number of hydrogen-bond donors (Lipinski definition) is 1. The van der Waals surface area contributed by atoms with E-state index in [-0.39, 0.29) is 30.2 Å². The van der Waals surface area contributed by atoms with E-state index < -0.39 is 5.92 Å². The lowest BCUT2D eigenvalue weighted by atomic mass is 9.94. The summed E-state index contributed by atoms with van der Waals surface area (Å²) in [6.07, 6.45) is 2.23. The first-order valence-corrected chi connectivity index (χ1v) is 15.0. The highest BCUT2D eigenvalue weighted by Crippen LogP contribution is 2.31. The number of amides is 3. The highest BCUT2D eigenvalue weighted by atomic mass is 35.5. The van der Waals surface area contributed by atoms with Crippen LogP contribution in [0.1, 0.15) is 50.1 Å². The molecule has 1 unspecified atom stereocenters. The van der Waals surface area contributed by atoms with Crippen molar-refractivity contribution in [2.24, 2.45) is 5.92 Å². The fraction of sp³-hybridized carbons (Fsp3) is 0.394. The first-order chi connectivity index (χ1) is 20.3. The van der Waals surface area contributed by atoms with Gasteiger partial charge in [0.2, 0.25) is 17.7 Å². The number of benzene rings is 2. The lowest BCUT2D eigenvalue weighted by molar-refractivity contribution is -0.138. The molecule has 0 bridgehead atoms. The summed E-state index contributed by atoms with van der Waals surface area (Å²) in [4.78, 5) is 49.3. The first-order valence-electron chi connectivity index (χ1n) is 14.6. The Morgan fingerprint density at radius 1 is 0.976 bits per heavy atom. The van der Waals surface area contributed by atoms with Crippen molar-refractivity contribution in [2.45, 2.75) is 46.2 Å². The Morgan fingerprint density at radius 3 is 2.31 bits per heavy atom. The third-order valence-corrected chi connectivity index (χ3v) is 8.15. The van der Waals surface area contributed by atoms with E-state index in [2.05, 4.69) is 34.3 Å². The van der Waals surface area contributed by atoms with E-state index >= 15 is 0 Å². The highest BCUT2D eigenvalue weighted by Gasteiger charge is 2.31. The number of anilines is 1. The number of nitrogens with zero attached hydrogens (tertiary/aromatic N) is 4. The van der Waals surface area contributed by atoms with Crippen LogP contribution in [0.3, 0.4) is 0 Å². The van der Waals surface area contributed by atoms with Gasteiger partial charge in [0.1, 0.15) is 0 Å². The number of hydrogen-bond acceptors (Lipinski definition) is 5. The maximum Gasteiger partial charge on any atom is 0.226 e. The van der Waals surface area contributed by atoms with E-state index in [4.69, 9.17) is 11.6 Å². The minimum absolute atomic E-state index is 0.0204. The largest absolute Gasteiger partial charge is 0.368 e. The van der Waals surface area contributed by atoms with E-state index in [1.807, 2.05) is 71.3 Å². The second kappa shape index (κ2) is 14.8. The molecule has 1 fully saturated rings. The van der Waals surface area contributed by atoms with Crippen LogP contribution >= 0.6 is 11.6 Å². The normalized spacial score (nSPS) is 14.7. The van der Waals surface area contributed by atoms with Gasteiger partial charge in [-0.3, -0.25) is 19.4 Å². The molecule has 2 aromatic carbocycles. The van der Waals surface area contributed by atoms with Crippen LogP contribution in [0.15, 0.2) is 72.9 Å². The van der Waals surface area contributed by atoms with Crippen LogP contribution in [0.5, 0.6) is 0 Å². The summed E-state index contributed by atoms with van der Waals surface area (Å²) in [5.74, 6) is -0.651. The van der Waals surface area contributed by atoms with Crippen molar-refractivity contribution in [2.75, 3.05) is 37.6 Å². The molecule has 1 aromatic heterocycles. The van der Waals surface area contributed by atoms with E-state index in [1.165, 1.54) is 0 Å². The molecule has 0 spiro atoms. The number of aromatic nitrogens is 1. The molecule has 8 nitrogen and oxygen atoms in total. The lowest BCUT2D eigenvalue weighted by Gasteiger charge is -2.39. The highest BCUT2D eigenvalue weighted by molar-refractivity contribution is 6.30. The smallest absolute Gasteiger partial charge is 0.226 e. The summed E-state index contributed by atoms with van der Waals surface area (Å²) in [6, 6.07) is 21.1. The number of para-hydroxylation sites is 1. The number of carbonyl (C=O) groups is 3. The van der Waals surface area contributed by atoms with Gasteiger partial charge >= 0.3 is 0 Å². The van der Waals surface area contributed by atoms with E-state index in [0.717, 1.165) is 22.5 Å². The van der Waals surface area contributed by atoms with Gasteiger partial charge in [0.25, 0.3) is 0 Å². The molecule has 3 aromatic rings. The van der Waals surface area contributed by atoms with Crippen molar-refractivity contribution in [1.82, 2.24) is 20.1 Å². The van der Waals surface area contributed by atoms with Crippen LogP contribution in [0, 0.1) is 5.92 Å².